The Morgan fingerprint density at radius 1 is 1.48 bits per heavy atom. The van der Waals surface area contributed by atoms with Crippen LogP contribution in [0.1, 0.15) is 44.7 Å². The van der Waals surface area contributed by atoms with Crippen LogP contribution in [0.2, 0.25) is 0 Å². The van der Waals surface area contributed by atoms with Gasteiger partial charge in [-0.3, -0.25) is 0 Å². The maximum Gasteiger partial charge on any atom is 0.0750 e. The Kier molecular flexibility index (Phi) is 6.52. The van der Waals surface area contributed by atoms with E-state index in [-0.39, 0.29) is 0 Å². The highest BCUT2D eigenvalue weighted by atomic mass is 79.9. The summed E-state index contributed by atoms with van der Waals surface area (Å²) < 4.78 is 7.12. The summed E-state index contributed by atoms with van der Waals surface area (Å²) in [5.74, 6) is 0. The number of anilines is 1. The summed E-state index contributed by atoms with van der Waals surface area (Å²) in [5.41, 5.74) is 2.59. The van der Waals surface area contributed by atoms with Crippen molar-refractivity contribution in [3.8, 4) is 0 Å². The number of nitrogens with zero attached hydrogens (tertiary/aromatic N) is 1. The molecule has 4 heteroatoms. The largest absolute Gasteiger partial charge is 0.376 e. The maximum atomic E-state index is 5.94. The van der Waals surface area contributed by atoms with Crippen LogP contribution >= 0.6 is 15.9 Å². The molecule has 3 nitrogen and oxygen atoms in total. The molecule has 1 N–H and O–H groups in total. The van der Waals surface area contributed by atoms with E-state index in [0.29, 0.717) is 12.1 Å². The zero-order valence-corrected chi connectivity index (χ0v) is 14.9. The van der Waals surface area contributed by atoms with Crippen LogP contribution in [0, 0.1) is 0 Å². The topological polar surface area (TPSA) is 24.5 Å². The monoisotopic (exact) mass is 354 g/mol. The Labute approximate surface area is 137 Å². The number of hydrogen-bond donors (Lipinski definition) is 1. The van der Waals surface area contributed by atoms with Gasteiger partial charge in [-0.25, -0.2) is 0 Å². The van der Waals surface area contributed by atoms with Crippen molar-refractivity contribution in [3.05, 3.63) is 28.2 Å². The first-order valence-corrected chi connectivity index (χ1v) is 8.78. The number of nitrogens with one attached hydrogen (secondary N) is 1. The molecule has 1 fully saturated rings. The molecule has 0 aliphatic carbocycles. The van der Waals surface area contributed by atoms with Crippen molar-refractivity contribution >= 4 is 21.6 Å². The lowest BCUT2D eigenvalue weighted by atomic mass is 10.0. The minimum absolute atomic E-state index is 0.373. The average molecular weight is 355 g/mol. The number of rotatable bonds is 6. The number of halogens is 1. The summed E-state index contributed by atoms with van der Waals surface area (Å²) in [6.45, 7) is 7.33. The summed E-state index contributed by atoms with van der Waals surface area (Å²) in [5, 5.41) is 3.28. The summed E-state index contributed by atoms with van der Waals surface area (Å²) in [6.07, 6.45) is 3.86. The van der Waals surface area contributed by atoms with E-state index in [4.69, 9.17) is 4.74 Å². The van der Waals surface area contributed by atoms with Crippen molar-refractivity contribution in [1.29, 1.82) is 0 Å². The fourth-order valence-corrected chi connectivity index (χ4v) is 3.44. The molecule has 1 aromatic rings. The fourth-order valence-electron chi connectivity index (χ4n) is 2.79. The smallest absolute Gasteiger partial charge is 0.0750 e. The molecule has 0 saturated carbocycles. The van der Waals surface area contributed by atoms with E-state index >= 15 is 0 Å². The SMILES string of the molecule is CCCOC1CCCN(c2ccc(C(C)NC)cc2Br)C1. The molecule has 0 bridgehead atoms. The van der Waals surface area contributed by atoms with Crippen LogP contribution in [-0.2, 0) is 4.74 Å². The third-order valence-electron chi connectivity index (χ3n) is 4.18. The van der Waals surface area contributed by atoms with Gasteiger partial charge < -0.3 is 15.0 Å². The Morgan fingerprint density at radius 3 is 2.95 bits per heavy atom. The molecule has 21 heavy (non-hydrogen) atoms. The number of benzene rings is 1. The first-order chi connectivity index (χ1) is 10.2. The third-order valence-corrected chi connectivity index (χ3v) is 4.82. The molecule has 2 unspecified atom stereocenters. The van der Waals surface area contributed by atoms with Gasteiger partial charge in [0, 0.05) is 30.2 Å². The van der Waals surface area contributed by atoms with E-state index in [9.17, 15) is 0 Å². The number of hydrogen-bond acceptors (Lipinski definition) is 3. The zero-order valence-electron chi connectivity index (χ0n) is 13.4. The van der Waals surface area contributed by atoms with E-state index in [1.54, 1.807) is 0 Å². The second-order valence-electron chi connectivity index (χ2n) is 5.80. The first kappa shape index (κ1) is 16.8. The van der Waals surface area contributed by atoms with E-state index in [1.165, 1.54) is 28.6 Å². The van der Waals surface area contributed by atoms with Crippen molar-refractivity contribution < 1.29 is 4.74 Å². The molecule has 1 aromatic carbocycles. The van der Waals surface area contributed by atoms with Crippen LogP contribution in [0.15, 0.2) is 22.7 Å². The van der Waals surface area contributed by atoms with E-state index in [1.807, 2.05) is 7.05 Å². The van der Waals surface area contributed by atoms with Gasteiger partial charge in [0.2, 0.25) is 0 Å². The predicted octanol–water partition coefficient (Wildman–Crippen LogP) is 4.12. The molecule has 0 aromatic heterocycles. The van der Waals surface area contributed by atoms with Gasteiger partial charge in [-0.15, -0.1) is 0 Å². The molecule has 0 spiro atoms. The van der Waals surface area contributed by atoms with Gasteiger partial charge in [0.05, 0.1) is 11.8 Å². The van der Waals surface area contributed by atoms with Gasteiger partial charge in [-0.2, -0.15) is 0 Å². The van der Waals surface area contributed by atoms with Crippen molar-refractivity contribution in [2.45, 2.75) is 45.3 Å². The highest BCUT2D eigenvalue weighted by molar-refractivity contribution is 9.10. The van der Waals surface area contributed by atoms with Gasteiger partial charge in [-0.05, 0) is 66.9 Å². The minimum atomic E-state index is 0.373. The number of piperidine rings is 1. The second kappa shape index (κ2) is 8.16. The molecular weight excluding hydrogens is 328 g/mol. The third kappa shape index (κ3) is 4.44. The van der Waals surface area contributed by atoms with Crippen LogP contribution < -0.4 is 10.2 Å². The van der Waals surface area contributed by atoms with Crippen molar-refractivity contribution in [2.24, 2.45) is 0 Å². The maximum absolute atomic E-state index is 5.94. The van der Waals surface area contributed by atoms with E-state index in [0.717, 1.165) is 26.1 Å². The number of ether oxygens (including phenoxy) is 1. The summed E-state index contributed by atoms with van der Waals surface area (Å²) >= 11 is 3.74. The van der Waals surface area contributed by atoms with Crippen molar-refractivity contribution in [2.75, 3.05) is 31.6 Å². The van der Waals surface area contributed by atoms with Gasteiger partial charge in [0.1, 0.15) is 0 Å². The molecule has 1 saturated heterocycles. The highest BCUT2D eigenvalue weighted by Gasteiger charge is 2.22. The second-order valence-corrected chi connectivity index (χ2v) is 6.66. The molecule has 1 aliphatic heterocycles. The lowest BCUT2D eigenvalue weighted by molar-refractivity contribution is 0.0440. The molecule has 2 atom stereocenters. The Bertz CT molecular complexity index is 452. The minimum Gasteiger partial charge on any atom is -0.376 e. The molecule has 1 aliphatic rings. The van der Waals surface area contributed by atoms with Crippen LogP contribution in [0.4, 0.5) is 5.69 Å². The van der Waals surface area contributed by atoms with Crippen molar-refractivity contribution in [1.82, 2.24) is 5.32 Å². The van der Waals surface area contributed by atoms with Gasteiger partial charge in [0.25, 0.3) is 0 Å². The Hall–Kier alpha value is -0.580. The fraction of sp³-hybridized carbons (Fsp3) is 0.647. The van der Waals surface area contributed by atoms with Gasteiger partial charge in [-0.1, -0.05) is 13.0 Å². The molecule has 0 amide bonds. The van der Waals surface area contributed by atoms with Gasteiger partial charge >= 0.3 is 0 Å². The highest BCUT2D eigenvalue weighted by Crippen LogP contribution is 2.31. The van der Waals surface area contributed by atoms with E-state index < -0.39 is 0 Å². The van der Waals surface area contributed by atoms with Crippen LogP contribution in [0.25, 0.3) is 0 Å². The van der Waals surface area contributed by atoms with Gasteiger partial charge in [0.15, 0.2) is 0 Å². The van der Waals surface area contributed by atoms with E-state index in [2.05, 4.69) is 58.2 Å². The lowest BCUT2D eigenvalue weighted by Gasteiger charge is -2.35. The summed E-state index contributed by atoms with van der Waals surface area (Å²) in [6, 6.07) is 7.05. The summed E-state index contributed by atoms with van der Waals surface area (Å²) in [7, 11) is 1.99. The molecule has 118 valence electrons. The van der Waals surface area contributed by atoms with Crippen LogP contribution in [0.5, 0.6) is 0 Å². The van der Waals surface area contributed by atoms with Crippen molar-refractivity contribution in [3.63, 3.8) is 0 Å². The standard InChI is InChI=1S/C17H27BrN2O/c1-4-10-21-15-6-5-9-20(12-15)17-8-7-14(11-16(17)18)13(2)19-3/h7-8,11,13,15,19H,4-6,9-10,12H2,1-3H3. The molecule has 0 radical (unpaired) electrons. The Balaban J connectivity index is 2.06. The quantitative estimate of drug-likeness (QED) is 0.831. The average Bonchev–Trinajstić information content (AvgIpc) is 2.52. The van der Waals surface area contributed by atoms with Crippen LogP contribution in [-0.4, -0.2) is 32.8 Å². The Morgan fingerprint density at radius 2 is 2.29 bits per heavy atom. The first-order valence-electron chi connectivity index (χ1n) is 7.99. The lowest BCUT2D eigenvalue weighted by Crippen LogP contribution is -2.40. The zero-order chi connectivity index (χ0) is 15.2. The molecule has 2 rings (SSSR count). The summed E-state index contributed by atoms with van der Waals surface area (Å²) in [4.78, 5) is 2.45. The normalized spacial score (nSPS) is 20.6. The predicted molar refractivity (Wildman–Crippen MR) is 93.1 cm³/mol. The molecule has 1 heterocycles. The van der Waals surface area contributed by atoms with Crippen LogP contribution in [0.3, 0.4) is 0 Å². The molecular formula is C17H27BrN2O.